The number of hydrogen-bond donors (Lipinski definition) is 0. The molecule has 18 heavy (non-hydrogen) atoms. The van der Waals surface area contributed by atoms with Gasteiger partial charge in [0.25, 0.3) is 0 Å². The van der Waals surface area contributed by atoms with Gasteiger partial charge in [0.05, 0.1) is 0 Å². The third-order valence-electron chi connectivity index (χ3n) is 4.05. The molecule has 2 heteroatoms. The second kappa shape index (κ2) is 3.84. The Kier molecular flexibility index (Phi) is 2.40. The number of carbonyl (C=O) groups is 1. The van der Waals surface area contributed by atoms with Gasteiger partial charge in [-0.05, 0) is 34.4 Å². The molecule has 3 rings (SSSR count). The summed E-state index contributed by atoms with van der Waals surface area (Å²) in [6.07, 6.45) is 0. The highest BCUT2D eigenvalue weighted by atomic mass is 16.5. The third-order valence-corrected chi connectivity index (χ3v) is 4.05. The molecule has 2 aromatic carbocycles. The van der Waals surface area contributed by atoms with Crippen LogP contribution in [-0.4, -0.2) is 5.97 Å². The molecule has 2 nitrogen and oxygen atoms in total. The minimum atomic E-state index is -0.269. The average Bonchev–Trinajstić information content (AvgIpc) is 2.59. The predicted octanol–water partition coefficient (Wildman–Crippen LogP) is 3.99. The van der Waals surface area contributed by atoms with Gasteiger partial charge in [0.1, 0.15) is 5.75 Å². The molecule has 1 aliphatic carbocycles. The molecule has 0 spiro atoms. The number of hydrogen-bond acceptors (Lipinski definition) is 2. The van der Waals surface area contributed by atoms with Crippen LogP contribution >= 0.6 is 0 Å². The van der Waals surface area contributed by atoms with Crippen molar-refractivity contribution >= 4 is 16.7 Å². The van der Waals surface area contributed by atoms with Gasteiger partial charge in [-0.15, -0.1) is 0 Å². The molecular formula is C16H16O2. The number of benzene rings is 2. The van der Waals surface area contributed by atoms with Gasteiger partial charge in [0.15, 0.2) is 0 Å². The summed E-state index contributed by atoms with van der Waals surface area (Å²) in [6.45, 7) is 5.95. The van der Waals surface area contributed by atoms with Gasteiger partial charge in [-0.2, -0.15) is 0 Å². The van der Waals surface area contributed by atoms with Crippen molar-refractivity contribution in [2.45, 2.75) is 32.6 Å². The van der Waals surface area contributed by atoms with Crippen LogP contribution in [0.2, 0.25) is 0 Å². The van der Waals surface area contributed by atoms with Gasteiger partial charge in [-0.25, -0.2) is 0 Å². The Labute approximate surface area is 107 Å². The smallest absolute Gasteiger partial charge is 0.308 e. The monoisotopic (exact) mass is 240 g/mol. The molecule has 2 atom stereocenters. The summed E-state index contributed by atoms with van der Waals surface area (Å²) in [5.41, 5.74) is 2.73. The Balaban J connectivity index is 2.31. The second-order valence-corrected chi connectivity index (χ2v) is 5.09. The van der Waals surface area contributed by atoms with Crippen molar-refractivity contribution in [1.29, 1.82) is 0 Å². The van der Waals surface area contributed by atoms with Gasteiger partial charge in [0, 0.05) is 12.3 Å². The number of carbonyl (C=O) groups excluding carboxylic acids is 1. The molecule has 2 aromatic rings. The van der Waals surface area contributed by atoms with Crippen LogP contribution in [-0.2, 0) is 4.79 Å². The van der Waals surface area contributed by atoms with E-state index in [4.69, 9.17) is 4.74 Å². The maximum Gasteiger partial charge on any atom is 0.308 e. The highest BCUT2D eigenvalue weighted by Gasteiger charge is 2.28. The summed E-state index contributed by atoms with van der Waals surface area (Å²) in [7, 11) is 0. The molecule has 0 bridgehead atoms. The molecule has 92 valence electrons. The van der Waals surface area contributed by atoms with Gasteiger partial charge in [0.2, 0.25) is 0 Å². The van der Waals surface area contributed by atoms with Crippen LogP contribution in [0.5, 0.6) is 5.75 Å². The van der Waals surface area contributed by atoms with Crippen molar-refractivity contribution in [3.63, 3.8) is 0 Å². The zero-order valence-corrected chi connectivity index (χ0v) is 10.9. The van der Waals surface area contributed by atoms with E-state index in [9.17, 15) is 4.79 Å². The van der Waals surface area contributed by atoms with E-state index in [0.717, 1.165) is 5.39 Å². The summed E-state index contributed by atoms with van der Waals surface area (Å²) in [4.78, 5) is 11.1. The zero-order valence-electron chi connectivity index (χ0n) is 10.9. The molecule has 0 radical (unpaired) electrons. The van der Waals surface area contributed by atoms with Crippen molar-refractivity contribution < 1.29 is 9.53 Å². The van der Waals surface area contributed by atoms with Crippen LogP contribution in [0.1, 0.15) is 43.7 Å². The van der Waals surface area contributed by atoms with Crippen molar-refractivity contribution in [2.75, 3.05) is 0 Å². The average molecular weight is 240 g/mol. The van der Waals surface area contributed by atoms with Gasteiger partial charge in [-0.3, -0.25) is 4.79 Å². The normalized spacial score (nSPS) is 21.3. The van der Waals surface area contributed by atoms with E-state index in [1.54, 1.807) is 0 Å². The Morgan fingerprint density at radius 3 is 2.39 bits per heavy atom. The fourth-order valence-corrected chi connectivity index (χ4v) is 2.98. The molecule has 2 unspecified atom stereocenters. The first-order valence-electron chi connectivity index (χ1n) is 6.33. The van der Waals surface area contributed by atoms with E-state index in [-0.39, 0.29) is 5.97 Å². The molecule has 0 heterocycles. The molecule has 0 amide bonds. The summed E-state index contributed by atoms with van der Waals surface area (Å²) < 4.78 is 5.30. The van der Waals surface area contributed by atoms with Crippen molar-refractivity contribution in [3.8, 4) is 5.75 Å². The molecule has 0 saturated carbocycles. The number of rotatable bonds is 1. The van der Waals surface area contributed by atoms with E-state index in [0.29, 0.717) is 17.6 Å². The van der Waals surface area contributed by atoms with E-state index in [2.05, 4.69) is 26.0 Å². The topological polar surface area (TPSA) is 26.3 Å². The summed E-state index contributed by atoms with van der Waals surface area (Å²) in [6, 6.07) is 10.3. The van der Waals surface area contributed by atoms with Crippen molar-refractivity contribution in [1.82, 2.24) is 0 Å². The lowest BCUT2D eigenvalue weighted by Crippen LogP contribution is -2.02. The molecular weight excluding hydrogens is 224 g/mol. The lowest BCUT2D eigenvalue weighted by atomic mass is 9.94. The van der Waals surface area contributed by atoms with Gasteiger partial charge < -0.3 is 4.74 Å². The molecule has 0 N–H and O–H groups in total. The fourth-order valence-electron chi connectivity index (χ4n) is 2.98. The number of ether oxygens (including phenoxy) is 1. The minimum absolute atomic E-state index is 0.269. The van der Waals surface area contributed by atoms with E-state index in [1.165, 1.54) is 23.4 Å². The first kappa shape index (κ1) is 11.3. The predicted molar refractivity (Wildman–Crippen MR) is 72.1 cm³/mol. The van der Waals surface area contributed by atoms with Gasteiger partial charge in [-0.1, -0.05) is 38.1 Å². The Morgan fingerprint density at radius 1 is 1.06 bits per heavy atom. The lowest BCUT2D eigenvalue weighted by molar-refractivity contribution is -0.131. The molecule has 0 aromatic heterocycles. The summed E-state index contributed by atoms with van der Waals surface area (Å²) in [5.74, 6) is 1.45. The SMILES string of the molecule is CC(=O)Oc1ccc2c3c(cccc13)C(C)C2C. The maximum absolute atomic E-state index is 11.1. The minimum Gasteiger partial charge on any atom is -0.426 e. The van der Waals surface area contributed by atoms with E-state index < -0.39 is 0 Å². The van der Waals surface area contributed by atoms with Crippen LogP contribution in [0.25, 0.3) is 10.8 Å². The molecule has 1 aliphatic rings. The van der Waals surface area contributed by atoms with Gasteiger partial charge >= 0.3 is 5.97 Å². The fraction of sp³-hybridized carbons (Fsp3) is 0.312. The lowest BCUT2D eigenvalue weighted by Gasteiger charge is -2.10. The molecule has 0 aliphatic heterocycles. The highest BCUT2D eigenvalue weighted by Crippen LogP contribution is 2.48. The zero-order chi connectivity index (χ0) is 12.9. The van der Waals surface area contributed by atoms with Crippen molar-refractivity contribution in [2.24, 2.45) is 0 Å². The highest BCUT2D eigenvalue weighted by molar-refractivity contribution is 5.97. The summed E-state index contributed by atoms with van der Waals surface area (Å²) in [5, 5.41) is 2.33. The molecule has 0 fully saturated rings. The van der Waals surface area contributed by atoms with Crippen LogP contribution in [0, 0.1) is 0 Å². The van der Waals surface area contributed by atoms with Crippen molar-refractivity contribution in [3.05, 3.63) is 41.5 Å². The van der Waals surface area contributed by atoms with Crippen LogP contribution in [0.3, 0.4) is 0 Å². The van der Waals surface area contributed by atoms with Crippen LogP contribution in [0.15, 0.2) is 30.3 Å². The Morgan fingerprint density at radius 2 is 1.72 bits per heavy atom. The first-order valence-corrected chi connectivity index (χ1v) is 6.33. The first-order chi connectivity index (χ1) is 8.59. The van der Waals surface area contributed by atoms with Crippen LogP contribution < -0.4 is 4.74 Å². The van der Waals surface area contributed by atoms with E-state index >= 15 is 0 Å². The van der Waals surface area contributed by atoms with E-state index in [1.807, 2.05) is 18.2 Å². The Hall–Kier alpha value is -1.83. The quantitative estimate of drug-likeness (QED) is 0.556. The third kappa shape index (κ3) is 1.45. The number of esters is 1. The summed E-state index contributed by atoms with van der Waals surface area (Å²) >= 11 is 0. The Bertz CT molecular complexity index is 629. The standard InChI is InChI=1S/C16H16O2/c1-9-10(2)13-7-8-15(18-11(3)17)14-6-4-5-12(9)16(13)14/h4-10H,1-3H3. The second-order valence-electron chi connectivity index (χ2n) is 5.09. The maximum atomic E-state index is 11.1. The molecule has 0 saturated heterocycles. The van der Waals surface area contributed by atoms with Crippen LogP contribution in [0.4, 0.5) is 0 Å². The largest absolute Gasteiger partial charge is 0.426 e.